The number of carbonyl (C=O) groups excluding carboxylic acids is 1. The van der Waals surface area contributed by atoms with Crippen molar-refractivity contribution in [3.8, 4) is 22.7 Å². The summed E-state index contributed by atoms with van der Waals surface area (Å²) in [6, 6.07) is 15.4. The molecule has 1 aliphatic rings. The van der Waals surface area contributed by atoms with Crippen molar-refractivity contribution in [1.29, 1.82) is 0 Å². The fourth-order valence-corrected chi connectivity index (χ4v) is 3.55. The third-order valence-corrected chi connectivity index (χ3v) is 5.28. The van der Waals surface area contributed by atoms with Crippen LogP contribution in [0, 0.1) is 5.82 Å². The van der Waals surface area contributed by atoms with Crippen LogP contribution < -0.4 is 4.74 Å². The molecule has 2 aromatic carbocycles. The summed E-state index contributed by atoms with van der Waals surface area (Å²) in [5.41, 5.74) is 1.73. The quantitative estimate of drug-likeness (QED) is 0.743. The zero-order valence-corrected chi connectivity index (χ0v) is 15.6. The summed E-state index contributed by atoms with van der Waals surface area (Å²) in [6.45, 7) is 0. The number of benzene rings is 2. The van der Waals surface area contributed by atoms with Gasteiger partial charge in [0.2, 0.25) is 0 Å². The van der Waals surface area contributed by atoms with Gasteiger partial charge in [-0.1, -0.05) is 0 Å². The van der Waals surface area contributed by atoms with E-state index in [0.29, 0.717) is 37.1 Å². The molecule has 0 atom stereocenters. The van der Waals surface area contributed by atoms with Crippen LogP contribution in [0.5, 0.6) is 5.75 Å². The van der Waals surface area contributed by atoms with Gasteiger partial charge in [-0.25, -0.2) is 9.07 Å². The first-order valence-corrected chi connectivity index (χ1v) is 9.23. The van der Waals surface area contributed by atoms with Crippen LogP contribution >= 0.6 is 0 Å². The van der Waals surface area contributed by atoms with Crippen LogP contribution in [0.2, 0.25) is 0 Å². The molecule has 1 saturated carbocycles. The standard InChI is InChI=1S/C22H21FN2O3/c1-28-19-8-2-15(3-9-19)20-14-21(22(27)12-10-18(26)11-13-22)24-25(20)17-6-4-16(23)5-7-17/h2-9,14,27H,10-13H2,1H3. The summed E-state index contributed by atoms with van der Waals surface area (Å²) in [6.07, 6.45) is 1.40. The minimum atomic E-state index is -1.14. The van der Waals surface area contributed by atoms with Gasteiger partial charge in [-0.05, 0) is 67.4 Å². The summed E-state index contributed by atoms with van der Waals surface area (Å²) >= 11 is 0. The van der Waals surface area contributed by atoms with Gasteiger partial charge in [0.25, 0.3) is 0 Å². The highest BCUT2D eigenvalue weighted by atomic mass is 19.1. The smallest absolute Gasteiger partial charge is 0.133 e. The number of aliphatic hydroxyl groups is 1. The average molecular weight is 380 g/mol. The molecule has 0 unspecified atom stereocenters. The summed E-state index contributed by atoms with van der Waals surface area (Å²) in [4.78, 5) is 11.6. The Morgan fingerprint density at radius 1 is 1.07 bits per heavy atom. The van der Waals surface area contributed by atoms with E-state index in [1.165, 1.54) is 12.1 Å². The molecule has 1 aromatic heterocycles. The molecule has 144 valence electrons. The number of carbonyl (C=O) groups is 1. The fraction of sp³-hybridized carbons (Fsp3) is 0.273. The predicted octanol–water partition coefficient (Wildman–Crippen LogP) is 4.02. The lowest BCUT2D eigenvalue weighted by atomic mass is 9.82. The van der Waals surface area contributed by atoms with Gasteiger partial charge in [-0.3, -0.25) is 4.79 Å². The Hall–Kier alpha value is -2.99. The Bertz CT molecular complexity index is 984. The molecule has 5 nitrogen and oxygen atoms in total. The predicted molar refractivity (Wildman–Crippen MR) is 103 cm³/mol. The maximum atomic E-state index is 13.4. The van der Waals surface area contributed by atoms with Gasteiger partial charge in [0, 0.05) is 18.4 Å². The first-order chi connectivity index (χ1) is 13.5. The Kier molecular flexibility index (Phi) is 4.73. The van der Waals surface area contributed by atoms with Gasteiger partial charge in [0.15, 0.2) is 0 Å². The molecule has 1 N–H and O–H groups in total. The average Bonchev–Trinajstić information content (AvgIpc) is 3.17. The molecule has 0 spiro atoms. The number of Topliss-reactive ketones (excluding diaryl/α,β-unsaturated/α-hetero) is 1. The fourth-order valence-electron chi connectivity index (χ4n) is 3.55. The minimum Gasteiger partial charge on any atom is -0.497 e. The molecule has 6 heteroatoms. The molecule has 0 saturated heterocycles. The van der Waals surface area contributed by atoms with Crippen molar-refractivity contribution in [1.82, 2.24) is 9.78 Å². The Balaban J connectivity index is 1.81. The van der Waals surface area contributed by atoms with Gasteiger partial charge >= 0.3 is 0 Å². The number of rotatable bonds is 4. The summed E-state index contributed by atoms with van der Waals surface area (Å²) in [5, 5.41) is 15.8. The number of halogens is 1. The second-order valence-electron chi connectivity index (χ2n) is 7.10. The normalized spacial score (nSPS) is 16.2. The highest BCUT2D eigenvalue weighted by molar-refractivity contribution is 5.79. The zero-order chi connectivity index (χ0) is 19.7. The van der Waals surface area contributed by atoms with E-state index in [4.69, 9.17) is 4.74 Å². The Labute approximate surface area is 162 Å². The van der Waals surface area contributed by atoms with Crippen molar-refractivity contribution in [3.05, 3.63) is 66.1 Å². The third-order valence-electron chi connectivity index (χ3n) is 5.28. The zero-order valence-electron chi connectivity index (χ0n) is 15.6. The van der Waals surface area contributed by atoms with Crippen molar-refractivity contribution in [2.24, 2.45) is 0 Å². The lowest BCUT2D eigenvalue weighted by Crippen LogP contribution is -2.32. The highest BCUT2D eigenvalue weighted by Crippen LogP contribution is 2.37. The number of methoxy groups -OCH3 is 1. The van der Waals surface area contributed by atoms with Crippen LogP contribution in [-0.2, 0) is 10.4 Å². The van der Waals surface area contributed by atoms with Crippen LogP contribution in [-0.4, -0.2) is 27.8 Å². The molecule has 28 heavy (non-hydrogen) atoms. The monoisotopic (exact) mass is 380 g/mol. The minimum absolute atomic E-state index is 0.165. The number of ketones is 1. The molecule has 4 rings (SSSR count). The number of ether oxygens (including phenoxy) is 1. The van der Waals surface area contributed by atoms with E-state index in [0.717, 1.165) is 17.0 Å². The van der Waals surface area contributed by atoms with E-state index in [-0.39, 0.29) is 11.6 Å². The largest absolute Gasteiger partial charge is 0.497 e. The van der Waals surface area contributed by atoms with Crippen LogP contribution in [0.4, 0.5) is 4.39 Å². The van der Waals surface area contributed by atoms with E-state index < -0.39 is 5.60 Å². The second-order valence-corrected chi connectivity index (χ2v) is 7.10. The maximum absolute atomic E-state index is 13.4. The SMILES string of the molecule is COc1ccc(-c2cc(C3(O)CCC(=O)CC3)nn2-c2ccc(F)cc2)cc1. The van der Waals surface area contributed by atoms with Gasteiger partial charge < -0.3 is 9.84 Å². The van der Waals surface area contributed by atoms with Gasteiger partial charge in [0.1, 0.15) is 23.0 Å². The van der Waals surface area contributed by atoms with E-state index in [9.17, 15) is 14.3 Å². The first-order valence-electron chi connectivity index (χ1n) is 9.23. The summed E-state index contributed by atoms with van der Waals surface area (Å²) < 4.78 is 20.3. The summed E-state index contributed by atoms with van der Waals surface area (Å²) in [7, 11) is 1.61. The molecule has 0 bridgehead atoms. The van der Waals surface area contributed by atoms with E-state index in [1.54, 1.807) is 23.9 Å². The van der Waals surface area contributed by atoms with Crippen LogP contribution in [0.15, 0.2) is 54.6 Å². The van der Waals surface area contributed by atoms with Crippen LogP contribution in [0.25, 0.3) is 16.9 Å². The van der Waals surface area contributed by atoms with Crippen molar-refractivity contribution in [2.45, 2.75) is 31.3 Å². The topological polar surface area (TPSA) is 64.3 Å². The molecule has 0 radical (unpaired) electrons. The van der Waals surface area contributed by atoms with Crippen LogP contribution in [0.3, 0.4) is 0 Å². The Morgan fingerprint density at radius 3 is 2.32 bits per heavy atom. The van der Waals surface area contributed by atoms with Gasteiger partial charge in [-0.15, -0.1) is 0 Å². The van der Waals surface area contributed by atoms with E-state index in [2.05, 4.69) is 5.10 Å². The van der Waals surface area contributed by atoms with Crippen LogP contribution in [0.1, 0.15) is 31.4 Å². The van der Waals surface area contributed by atoms with Gasteiger partial charge in [-0.2, -0.15) is 5.10 Å². The van der Waals surface area contributed by atoms with E-state index >= 15 is 0 Å². The molecular weight excluding hydrogens is 359 g/mol. The van der Waals surface area contributed by atoms with Crippen molar-refractivity contribution < 1.29 is 19.0 Å². The molecule has 0 aliphatic heterocycles. The van der Waals surface area contributed by atoms with Crippen molar-refractivity contribution in [2.75, 3.05) is 7.11 Å². The van der Waals surface area contributed by atoms with E-state index in [1.807, 2.05) is 30.3 Å². The Morgan fingerprint density at radius 2 is 1.71 bits per heavy atom. The lowest BCUT2D eigenvalue weighted by molar-refractivity contribution is -0.125. The molecule has 3 aromatic rings. The summed E-state index contributed by atoms with van der Waals surface area (Å²) in [5.74, 6) is 0.575. The van der Waals surface area contributed by atoms with Gasteiger partial charge in [0.05, 0.1) is 24.2 Å². The van der Waals surface area contributed by atoms with Crippen molar-refractivity contribution >= 4 is 5.78 Å². The molecule has 1 fully saturated rings. The first kappa shape index (κ1) is 18.4. The molecule has 1 heterocycles. The third kappa shape index (κ3) is 3.43. The number of hydrogen-bond donors (Lipinski definition) is 1. The molecule has 1 aliphatic carbocycles. The molecular formula is C22H21FN2O3. The number of hydrogen-bond acceptors (Lipinski definition) is 4. The maximum Gasteiger partial charge on any atom is 0.133 e. The number of nitrogens with zero attached hydrogens (tertiary/aromatic N) is 2. The highest BCUT2D eigenvalue weighted by Gasteiger charge is 2.37. The number of aromatic nitrogens is 2. The van der Waals surface area contributed by atoms with Crippen molar-refractivity contribution in [3.63, 3.8) is 0 Å². The molecule has 0 amide bonds. The second kappa shape index (κ2) is 7.20. The lowest BCUT2D eigenvalue weighted by Gasteiger charge is -2.29.